The van der Waals surface area contributed by atoms with Crippen LogP contribution in [-0.2, 0) is 13.1 Å². The van der Waals surface area contributed by atoms with Gasteiger partial charge in [0.2, 0.25) is 0 Å². The van der Waals surface area contributed by atoms with Crippen molar-refractivity contribution in [2.24, 2.45) is 4.99 Å². The van der Waals surface area contributed by atoms with Crippen molar-refractivity contribution in [2.75, 3.05) is 13.1 Å². The van der Waals surface area contributed by atoms with Crippen molar-refractivity contribution in [2.45, 2.75) is 26.4 Å². The fraction of sp³-hybridized carbons (Fsp3) is 0.429. The minimum atomic E-state index is 0.731. The molecule has 0 bridgehead atoms. The summed E-state index contributed by atoms with van der Waals surface area (Å²) in [5, 5.41) is 8.70. The molecule has 5 nitrogen and oxygen atoms in total. The number of aliphatic imine (C=N–C) groups is 1. The highest BCUT2D eigenvalue weighted by atomic mass is 32.1. The number of nitrogens with zero attached hydrogens (tertiary/aromatic N) is 3. The van der Waals surface area contributed by atoms with Gasteiger partial charge in [-0.1, -0.05) is 6.07 Å². The largest absolute Gasteiger partial charge is 0.357 e. The number of thiophene rings is 1. The summed E-state index contributed by atoms with van der Waals surface area (Å²) in [5.41, 5.74) is 0. The number of hydrogen-bond acceptors (Lipinski definition) is 3. The summed E-state index contributed by atoms with van der Waals surface area (Å²) in [7, 11) is 0. The molecule has 0 aliphatic carbocycles. The lowest BCUT2D eigenvalue weighted by molar-refractivity contribution is 0.625. The Hall–Kier alpha value is -1.82. The molecule has 0 atom stereocenters. The van der Waals surface area contributed by atoms with Gasteiger partial charge in [-0.25, -0.2) is 9.98 Å². The zero-order valence-electron chi connectivity index (χ0n) is 11.7. The predicted molar refractivity (Wildman–Crippen MR) is 84.0 cm³/mol. The van der Waals surface area contributed by atoms with Gasteiger partial charge < -0.3 is 15.2 Å². The first-order chi connectivity index (χ1) is 9.88. The van der Waals surface area contributed by atoms with Crippen LogP contribution in [-0.4, -0.2) is 28.6 Å². The van der Waals surface area contributed by atoms with Crippen LogP contribution in [0, 0.1) is 0 Å². The third kappa shape index (κ3) is 5.05. The molecule has 0 aromatic carbocycles. The third-order valence-electron chi connectivity index (χ3n) is 2.76. The predicted octanol–water partition coefficient (Wildman–Crippen LogP) is 2.09. The van der Waals surface area contributed by atoms with E-state index in [0.29, 0.717) is 0 Å². The normalized spacial score (nSPS) is 11.6. The maximum absolute atomic E-state index is 4.58. The molecule has 0 amide bonds. The summed E-state index contributed by atoms with van der Waals surface area (Å²) in [6.07, 6.45) is 6.67. The van der Waals surface area contributed by atoms with E-state index >= 15 is 0 Å². The van der Waals surface area contributed by atoms with E-state index in [1.165, 1.54) is 4.88 Å². The van der Waals surface area contributed by atoms with Crippen molar-refractivity contribution in [3.05, 3.63) is 41.1 Å². The van der Waals surface area contributed by atoms with Crippen molar-refractivity contribution in [3.8, 4) is 0 Å². The Morgan fingerprint density at radius 3 is 3.10 bits per heavy atom. The molecule has 2 rings (SSSR count). The highest BCUT2D eigenvalue weighted by Crippen LogP contribution is 2.09. The summed E-state index contributed by atoms with van der Waals surface area (Å²) in [6.45, 7) is 5.55. The molecular weight excluding hydrogens is 270 g/mol. The van der Waals surface area contributed by atoms with E-state index in [1.807, 2.05) is 12.5 Å². The number of guanidine groups is 1. The highest BCUT2D eigenvalue weighted by Gasteiger charge is 1.98. The van der Waals surface area contributed by atoms with Crippen LogP contribution < -0.4 is 10.6 Å². The second kappa shape index (κ2) is 8.37. The number of hydrogen-bond donors (Lipinski definition) is 2. The molecule has 20 heavy (non-hydrogen) atoms. The average Bonchev–Trinajstić information content (AvgIpc) is 3.13. The van der Waals surface area contributed by atoms with Crippen LogP contribution >= 0.6 is 11.3 Å². The summed E-state index contributed by atoms with van der Waals surface area (Å²) in [5.74, 6) is 0.881. The van der Waals surface area contributed by atoms with Gasteiger partial charge in [0.05, 0.1) is 12.9 Å². The van der Waals surface area contributed by atoms with Gasteiger partial charge >= 0.3 is 0 Å². The molecule has 0 radical (unpaired) electrons. The van der Waals surface area contributed by atoms with Gasteiger partial charge in [0.1, 0.15) is 0 Å². The molecule has 0 unspecified atom stereocenters. The molecule has 2 aromatic heterocycles. The van der Waals surface area contributed by atoms with Crippen LogP contribution in [0.15, 0.2) is 41.2 Å². The maximum atomic E-state index is 4.58. The SMILES string of the molecule is CCNC(=NCc1cccs1)NCCCn1ccnc1. The topological polar surface area (TPSA) is 54.2 Å². The first-order valence-electron chi connectivity index (χ1n) is 6.89. The monoisotopic (exact) mass is 291 g/mol. The van der Waals surface area contributed by atoms with Gasteiger partial charge in [0.15, 0.2) is 5.96 Å². The second-order valence-electron chi connectivity index (χ2n) is 4.36. The fourth-order valence-corrected chi connectivity index (χ4v) is 2.42. The molecular formula is C14H21N5S. The maximum Gasteiger partial charge on any atom is 0.191 e. The van der Waals surface area contributed by atoms with E-state index in [9.17, 15) is 0 Å². The van der Waals surface area contributed by atoms with Gasteiger partial charge in [-0.15, -0.1) is 11.3 Å². The van der Waals surface area contributed by atoms with Crippen LogP contribution in [0.25, 0.3) is 0 Å². The van der Waals surface area contributed by atoms with Gasteiger partial charge in [0, 0.05) is 36.9 Å². The van der Waals surface area contributed by atoms with Crippen LogP contribution in [0.5, 0.6) is 0 Å². The van der Waals surface area contributed by atoms with Crippen molar-refractivity contribution >= 4 is 17.3 Å². The smallest absolute Gasteiger partial charge is 0.191 e. The average molecular weight is 291 g/mol. The lowest BCUT2D eigenvalue weighted by Gasteiger charge is -2.11. The number of aryl methyl sites for hydroxylation is 1. The molecule has 6 heteroatoms. The minimum Gasteiger partial charge on any atom is -0.357 e. The number of imidazole rings is 1. The van der Waals surface area contributed by atoms with Gasteiger partial charge in [-0.3, -0.25) is 0 Å². The standard InChI is InChI=1S/C14H21N5S/c1-2-16-14(18-11-13-5-3-10-20-13)17-6-4-8-19-9-7-15-12-19/h3,5,7,9-10,12H,2,4,6,8,11H2,1H3,(H2,16,17,18). The Balaban J connectivity index is 1.72. The summed E-state index contributed by atoms with van der Waals surface area (Å²) in [6, 6.07) is 4.16. The number of aromatic nitrogens is 2. The van der Waals surface area contributed by atoms with Gasteiger partial charge in [0.25, 0.3) is 0 Å². The molecule has 0 fully saturated rings. The molecule has 0 aliphatic rings. The fourth-order valence-electron chi connectivity index (χ4n) is 1.79. The van der Waals surface area contributed by atoms with Crippen molar-refractivity contribution in [1.82, 2.24) is 20.2 Å². The van der Waals surface area contributed by atoms with Crippen molar-refractivity contribution in [3.63, 3.8) is 0 Å². The molecule has 2 aromatic rings. The molecule has 108 valence electrons. The Labute approximate surface area is 123 Å². The van der Waals surface area contributed by atoms with E-state index in [0.717, 1.165) is 38.6 Å². The Morgan fingerprint density at radius 2 is 2.40 bits per heavy atom. The first-order valence-corrected chi connectivity index (χ1v) is 7.76. The minimum absolute atomic E-state index is 0.731. The zero-order chi connectivity index (χ0) is 14.0. The molecule has 2 N–H and O–H groups in total. The first kappa shape index (κ1) is 14.6. The van der Waals surface area contributed by atoms with Crippen LogP contribution in [0.2, 0.25) is 0 Å². The lowest BCUT2D eigenvalue weighted by Crippen LogP contribution is -2.38. The van der Waals surface area contributed by atoms with Crippen LogP contribution in [0.3, 0.4) is 0 Å². The van der Waals surface area contributed by atoms with Crippen molar-refractivity contribution in [1.29, 1.82) is 0 Å². The van der Waals surface area contributed by atoms with Crippen LogP contribution in [0.1, 0.15) is 18.2 Å². The van der Waals surface area contributed by atoms with Gasteiger partial charge in [-0.05, 0) is 24.8 Å². The Bertz CT molecular complexity index is 490. The quantitative estimate of drug-likeness (QED) is 0.466. The van der Waals surface area contributed by atoms with E-state index in [2.05, 4.69) is 49.6 Å². The summed E-state index contributed by atoms with van der Waals surface area (Å²) >= 11 is 1.74. The molecule has 0 saturated heterocycles. The van der Waals surface area contributed by atoms with E-state index < -0.39 is 0 Å². The lowest BCUT2D eigenvalue weighted by atomic mass is 10.4. The zero-order valence-corrected chi connectivity index (χ0v) is 12.6. The van der Waals surface area contributed by atoms with Gasteiger partial charge in [-0.2, -0.15) is 0 Å². The van der Waals surface area contributed by atoms with E-state index in [4.69, 9.17) is 0 Å². The Morgan fingerprint density at radius 1 is 1.45 bits per heavy atom. The molecule has 2 heterocycles. The highest BCUT2D eigenvalue weighted by molar-refractivity contribution is 7.09. The summed E-state index contributed by atoms with van der Waals surface area (Å²) < 4.78 is 2.08. The summed E-state index contributed by atoms with van der Waals surface area (Å²) in [4.78, 5) is 9.89. The Kier molecular flexibility index (Phi) is 6.10. The molecule has 0 saturated carbocycles. The second-order valence-corrected chi connectivity index (χ2v) is 5.39. The van der Waals surface area contributed by atoms with Crippen LogP contribution in [0.4, 0.5) is 0 Å². The third-order valence-corrected chi connectivity index (χ3v) is 3.62. The van der Waals surface area contributed by atoms with E-state index in [1.54, 1.807) is 17.5 Å². The number of rotatable bonds is 7. The van der Waals surface area contributed by atoms with Crippen molar-refractivity contribution < 1.29 is 0 Å². The molecule has 0 spiro atoms. The molecule has 0 aliphatic heterocycles. The number of nitrogens with one attached hydrogen (secondary N) is 2. The van der Waals surface area contributed by atoms with E-state index in [-0.39, 0.29) is 0 Å².